The minimum Gasteiger partial charge on any atom is -0.506 e. The summed E-state index contributed by atoms with van der Waals surface area (Å²) in [7, 11) is -3.79. The Labute approximate surface area is 121 Å². The first kappa shape index (κ1) is 14.9. The molecule has 2 aromatic rings. The molecule has 7 nitrogen and oxygen atoms in total. The van der Waals surface area contributed by atoms with Gasteiger partial charge in [-0.25, -0.2) is 18.5 Å². The summed E-state index contributed by atoms with van der Waals surface area (Å²) < 4.78 is 22.4. The maximum atomic E-state index is 11.8. The quantitative estimate of drug-likeness (QED) is 0.882. The molecule has 0 atom stereocenters. The molecule has 0 saturated heterocycles. The predicted octanol–water partition coefficient (Wildman–Crippen LogP) is 1.12. The van der Waals surface area contributed by atoms with E-state index in [9.17, 15) is 18.3 Å². The number of carbonyl (C=O) groups excluding carboxylic acids is 1. The van der Waals surface area contributed by atoms with E-state index in [1.54, 1.807) is 0 Å². The number of aromatic hydroxyl groups is 1. The van der Waals surface area contributed by atoms with Crippen molar-refractivity contribution in [2.24, 2.45) is 5.14 Å². The maximum Gasteiger partial charge on any atom is 0.238 e. The second kappa shape index (κ2) is 5.51. The molecule has 0 aliphatic carbocycles. The average Bonchev–Trinajstić information content (AvgIpc) is 2.40. The zero-order valence-corrected chi connectivity index (χ0v) is 11.9. The van der Waals surface area contributed by atoms with Crippen molar-refractivity contribution in [2.75, 3.05) is 4.90 Å². The molecular formula is C13H13N3O4S. The number of primary sulfonamides is 1. The monoisotopic (exact) mass is 307 g/mol. The summed E-state index contributed by atoms with van der Waals surface area (Å²) in [6, 6.07) is 8.40. The highest BCUT2D eigenvalue weighted by molar-refractivity contribution is 7.89. The minimum atomic E-state index is -3.79. The number of amides is 1. The molecule has 1 aromatic heterocycles. The van der Waals surface area contributed by atoms with Gasteiger partial charge < -0.3 is 5.11 Å². The van der Waals surface area contributed by atoms with Gasteiger partial charge in [0.15, 0.2) is 0 Å². The van der Waals surface area contributed by atoms with Crippen LogP contribution in [0.5, 0.6) is 5.75 Å². The number of aromatic nitrogens is 1. The first-order valence-corrected chi connectivity index (χ1v) is 7.42. The minimum absolute atomic E-state index is 0.0215. The van der Waals surface area contributed by atoms with Gasteiger partial charge in [-0.05, 0) is 36.4 Å². The van der Waals surface area contributed by atoms with Crippen LogP contribution in [0, 0.1) is 0 Å². The van der Waals surface area contributed by atoms with Gasteiger partial charge in [-0.15, -0.1) is 0 Å². The van der Waals surface area contributed by atoms with E-state index in [0.29, 0.717) is 11.5 Å². The Hall–Kier alpha value is -2.45. The topological polar surface area (TPSA) is 114 Å². The molecule has 0 spiro atoms. The zero-order chi connectivity index (χ0) is 15.6. The van der Waals surface area contributed by atoms with Gasteiger partial charge in [0.2, 0.25) is 15.9 Å². The van der Waals surface area contributed by atoms with Crippen LogP contribution in [-0.2, 0) is 14.8 Å². The number of hydrogen-bond acceptors (Lipinski definition) is 5. The van der Waals surface area contributed by atoms with Crippen LogP contribution >= 0.6 is 0 Å². The van der Waals surface area contributed by atoms with Crippen molar-refractivity contribution >= 4 is 27.4 Å². The van der Waals surface area contributed by atoms with Gasteiger partial charge >= 0.3 is 0 Å². The van der Waals surface area contributed by atoms with Gasteiger partial charge in [0.05, 0.1) is 16.8 Å². The van der Waals surface area contributed by atoms with Crippen molar-refractivity contribution in [3.63, 3.8) is 0 Å². The van der Waals surface area contributed by atoms with Crippen molar-refractivity contribution in [2.45, 2.75) is 11.8 Å². The van der Waals surface area contributed by atoms with Gasteiger partial charge in [0, 0.05) is 6.92 Å². The molecule has 8 heteroatoms. The van der Waals surface area contributed by atoms with Crippen molar-refractivity contribution in [3.05, 3.63) is 42.6 Å². The van der Waals surface area contributed by atoms with E-state index in [1.807, 2.05) is 0 Å². The van der Waals surface area contributed by atoms with Crippen molar-refractivity contribution in [1.29, 1.82) is 0 Å². The van der Waals surface area contributed by atoms with E-state index in [-0.39, 0.29) is 16.6 Å². The third-order valence-corrected chi connectivity index (χ3v) is 3.63. The van der Waals surface area contributed by atoms with E-state index >= 15 is 0 Å². The van der Waals surface area contributed by atoms with E-state index in [4.69, 9.17) is 5.14 Å². The van der Waals surface area contributed by atoms with Gasteiger partial charge in [-0.3, -0.25) is 9.69 Å². The lowest BCUT2D eigenvalue weighted by atomic mass is 10.2. The van der Waals surface area contributed by atoms with Crippen molar-refractivity contribution in [3.8, 4) is 5.75 Å². The smallest absolute Gasteiger partial charge is 0.238 e. The third-order valence-electron chi connectivity index (χ3n) is 2.70. The summed E-state index contributed by atoms with van der Waals surface area (Å²) in [5.74, 6) is -0.0213. The molecule has 0 radical (unpaired) electrons. The molecule has 0 fully saturated rings. The molecule has 21 heavy (non-hydrogen) atoms. The Bertz CT molecular complexity index is 755. The molecule has 1 aromatic carbocycles. The Kier molecular flexibility index (Phi) is 3.92. The summed E-state index contributed by atoms with van der Waals surface area (Å²) in [5.41, 5.74) is 0.438. The summed E-state index contributed by atoms with van der Waals surface area (Å²) in [6.45, 7) is 1.35. The van der Waals surface area contributed by atoms with Crippen LogP contribution in [-0.4, -0.2) is 24.4 Å². The van der Waals surface area contributed by atoms with E-state index < -0.39 is 10.0 Å². The first-order valence-electron chi connectivity index (χ1n) is 5.87. The summed E-state index contributed by atoms with van der Waals surface area (Å²) in [4.78, 5) is 17.0. The highest BCUT2D eigenvalue weighted by atomic mass is 32.2. The number of sulfonamides is 1. The molecule has 1 amide bonds. The first-order chi connectivity index (χ1) is 9.79. The number of anilines is 2. The second-order valence-corrected chi connectivity index (χ2v) is 5.83. The molecule has 110 valence electrons. The summed E-state index contributed by atoms with van der Waals surface area (Å²) >= 11 is 0. The van der Waals surface area contributed by atoms with Gasteiger partial charge in [-0.1, -0.05) is 0 Å². The van der Waals surface area contributed by atoms with E-state index in [0.717, 1.165) is 0 Å². The van der Waals surface area contributed by atoms with Crippen LogP contribution in [0.3, 0.4) is 0 Å². The maximum absolute atomic E-state index is 11.8. The van der Waals surface area contributed by atoms with Crippen LogP contribution in [0.15, 0.2) is 47.5 Å². The molecule has 3 N–H and O–H groups in total. The van der Waals surface area contributed by atoms with Gasteiger partial charge in [-0.2, -0.15) is 0 Å². The van der Waals surface area contributed by atoms with Gasteiger partial charge in [0.25, 0.3) is 0 Å². The standard InChI is InChI=1S/C13H13N3O4S/c1-9(17)16(13-7-4-11(18)8-15-13)10-2-5-12(6-3-10)21(14,19)20/h2-8,18H,1H3,(H2,14,19,20). The van der Waals surface area contributed by atoms with Crippen LogP contribution in [0.25, 0.3) is 0 Å². The number of nitrogens with zero attached hydrogens (tertiary/aromatic N) is 2. The molecule has 1 heterocycles. The highest BCUT2D eigenvalue weighted by Gasteiger charge is 2.16. The van der Waals surface area contributed by atoms with E-state index in [1.165, 1.54) is 54.4 Å². The van der Waals surface area contributed by atoms with Crippen molar-refractivity contribution in [1.82, 2.24) is 4.98 Å². The Morgan fingerprint density at radius 3 is 2.24 bits per heavy atom. The Morgan fingerprint density at radius 1 is 1.19 bits per heavy atom. The fourth-order valence-corrected chi connectivity index (χ4v) is 2.29. The van der Waals surface area contributed by atoms with Crippen molar-refractivity contribution < 1.29 is 18.3 Å². The number of pyridine rings is 1. The second-order valence-electron chi connectivity index (χ2n) is 4.27. The lowest BCUT2D eigenvalue weighted by Gasteiger charge is -2.20. The summed E-state index contributed by atoms with van der Waals surface area (Å²) in [5, 5.41) is 14.2. The highest BCUT2D eigenvalue weighted by Crippen LogP contribution is 2.25. The zero-order valence-electron chi connectivity index (χ0n) is 11.1. The Balaban J connectivity index is 2.44. The number of carbonyl (C=O) groups is 1. The molecular weight excluding hydrogens is 294 g/mol. The Morgan fingerprint density at radius 2 is 1.81 bits per heavy atom. The average molecular weight is 307 g/mol. The fourth-order valence-electron chi connectivity index (χ4n) is 1.77. The largest absolute Gasteiger partial charge is 0.506 e. The molecule has 0 aliphatic heterocycles. The van der Waals surface area contributed by atoms with Crippen LogP contribution in [0.4, 0.5) is 11.5 Å². The van der Waals surface area contributed by atoms with Crippen LogP contribution in [0.1, 0.15) is 6.92 Å². The lowest BCUT2D eigenvalue weighted by Crippen LogP contribution is -2.23. The summed E-state index contributed by atoms with van der Waals surface area (Å²) in [6.07, 6.45) is 1.21. The lowest BCUT2D eigenvalue weighted by molar-refractivity contribution is -0.115. The fraction of sp³-hybridized carbons (Fsp3) is 0.0769. The normalized spacial score (nSPS) is 11.1. The molecule has 0 aliphatic rings. The molecule has 0 unspecified atom stereocenters. The predicted molar refractivity (Wildman–Crippen MR) is 76.5 cm³/mol. The van der Waals surface area contributed by atoms with Gasteiger partial charge in [0.1, 0.15) is 11.6 Å². The molecule has 0 bridgehead atoms. The van der Waals surface area contributed by atoms with E-state index in [2.05, 4.69) is 4.98 Å². The molecule has 2 rings (SSSR count). The number of benzene rings is 1. The van der Waals surface area contributed by atoms with Crippen LogP contribution < -0.4 is 10.0 Å². The third kappa shape index (κ3) is 3.36. The number of nitrogens with two attached hydrogens (primary N) is 1. The number of rotatable bonds is 3. The van der Waals surface area contributed by atoms with Crippen LogP contribution in [0.2, 0.25) is 0 Å². The SMILES string of the molecule is CC(=O)N(c1ccc(S(N)(=O)=O)cc1)c1ccc(O)cn1. The number of hydrogen-bond donors (Lipinski definition) is 2. The molecule has 0 saturated carbocycles.